The van der Waals surface area contributed by atoms with Crippen molar-refractivity contribution >= 4 is 17.4 Å². The Morgan fingerprint density at radius 3 is 2.75 bits per heavy atom. The third-order valence-electron chi connectivity index (χ3n) is 6.37. The van der Waals surface area contributed by atoms with Crippen LogP contribution in [0.1, 0.15) is 40.7 Å². The number of hydrogen-bond donors (Lipinski definition) is 0. The topological polar surface area (TPSA) is 48.0 Å². The average Bonchev–Trinajstić information content (AvgIpc) is 2.79. The van der Waals surface area contributed by atoms with E-state index >= 15 is 0 Å². The van der Waals surface area contributed by atoms with E-state index < -0.39 is 0 Å². The van der Waals surface area contributed by atoms with Crippen LogP contribution in [0.25, 0.3) is 0 Å². The highest BCUT2D eigenvalue weighted by atomic mass is 35.5. The van der Waals surface area contributed by atoms with Crippen LogP contribution in [0.4, 0.5) is 0 Å². The predicted octanol–water partition coefficient (Wildman–Crippen LogP) is 4.83. The molecule has 6 heteroatoms. The Balaban J connectivity index is 1.24. The van der Waals surface area contributed by atoms with E-state index in [4.69, 9.17) is 25.8 Å². The molecule has 0 unspecified atom stereocenters. The largest absolute Gasteiger partial charge is 0.492 e. The molecule has 5 nitrogen and oxygen atoms in total. The number of benzene rings is 2. The number of carbonyl (C=O) groups excluding carboxylic acids is 1. The molecule has 2 aliphatic heterocycles. The number of carbonyl (C=O) groups is 1. The van der Waals surface area contributed by atoms with Crippen molar-refractivity contribution in [3.63, 3.8) is 0 Å². The zero-order valence-corrected chi connectivity index (χ0v) is 19.5. The van der Waals surface area contributed by atoms with Gasteiger partial charge in [-0.1, -0.05) is 17.7 Å². The maximum Gasteiger partial charge on any atom is 0.170 e. The summed E-state index contributed by atoms with van der Waals surface area (Å²) in [6.45, 7) is 4.83. The van der Waals surface area contributed by atoms with Gasteiger partial charge in [0, 0.05) is 25.1 Å². The van der Waals surface area contributed by atoms with Gasteiger partial charge in [0.25, 0.3) is 0 Å². The molecular formula is C26H32ClNO4. The van der Waals surface area contributed by atoms with Gasteiger partial charge in [0.2, 0.25) is 0 Å². The minimum absolute atomic E-state index is 0.196. The first-order chi connectivity index (χ1) is 15.6. The Bertz CT molecular complexity index is 924. The van der Waals surface area contributed by atoms with Gasteiger partial charge in [-0.25, -0.2) is 0 Å². The normalized spacial score (nSPS) is 17.1. The molecular weight excluding hydrogens is 426 g/mol. The van der Waals surface area contributed by atoms with Gasteiger partial charge >= 0.3 is 0 Å². The third kappa shape index (κ3) is 6.25. The van der Waals surface area contributed by atoms with Gasteiger partial charge in [0.1, 0.15) is 18.1 Å². The quantitative estimate of drug-likeness (QED) is 0.505. The van der Waals surface area contributed by atoms with Crippen LogP contribution in [-0.4, -0.2) is 57.2 Å². The highest BCUT2D eigenvalue weighted by Gasteiger charge is 2.21. The van der Waals surface area contributed by atoms with Crippen molar-refractivity contribution in [2.24, 2.45) is 5.92 Å². The lowest BCUT2D eigenvalue weighted by Gasteiger charge is -2.32. The molecule has 2 heterocycles. The van der Waals surface area contributed by atoms with Crippen molar-refractivity contribution < 1.29 is 19.0 Å². The molecule has 0 radical (unpaired) electrons. The highest BCUT2D eigenvalue weighted by Crippen LogP contribution is 2.28. The molecule has 0 aliphatic carbocycles. The number of rotatable bonds is 9. The Labute approximate surface area is 195 Å². The second kappa shape index (κ2) is 11.2. The molecule has 0 N–H and O–H groups in total. The number of halogens is 1. The molecule has 172 valence electrons. The molecule has 2 aromatic rings. The Morgan fingerprint density at radius 2 is 1.94 bits per heavy atom. The Morgan fingerprint density at radius 1 is 1.09 bits per heavy atom. The number of nitrogens with zero attached hydrogens (tertiary/aromatic N) is 1. The van der Waals surface area contributed by atoms with Gasteiger partial charge in [-0.3, -0.25) is 4.79 Å². The fourth-order valence-electron chi connectivity index (χ4n) is 4.56. The lowest BCUT2D eigenvalue weighted by atomic mass is 9.90. The van der Waals surface area contributed by atoms with E-state index in [1.54, 1.807) is 7.11 Å². The minimum atomic E-state index is 0.196. The maximum atomic E-state index is 12.1. The summed E-state index contributed by atoms with van der Waals surface area (Å²) in [6, 6.07) is 12.1. The van der Waals surface area contributed by atoms with Crippen LogP contribution in [-0.2, 0) is 17.6 Å². The van der Waals surface area contributed by atoms with Crippen LogP contribution in [0.15, 0.2) is 36.4 Å². The fraction of sp³-hybridized carbons (Fsp3) is 0.500. The number of methoxy groups -OCH3 is 1. The highest BCUT2D eigenvalue weighted by molar-refractivity contribution is 6.30. The maximum absolute atomic E-state index is 12.1. The van der Waals surface area contributed by atoms with Gasteiger partial charge in [-0.2, -0.15) is 0 Å². The van der Waals surface area contributed by atoms with Crippen LogP contribution < -0.4 is 9.47 Å². The van der Waals surface area contributed by atoms with Crippen molar-refractivity contribution in [2.45, 2.75) is 32.1 Å². The van der Waals surface area contributed by atoms with Crippen LogP contribution in [0.5, 0.6) is 11.5 Å². The van der Waals surface area contributed by atoms with Gasteiger partial charge < -0.3 is 19.1 Å². The molecule has 2 aliphatic rings. The Kier molecular flexibility index (Phi) is 8.06. The predicted molar refractivity (Wildman–Crippen MR) is 126 cm³/mol. The third-order valence-corrected chi connectivity index (χ3v) is 6.58. The number of fused-ring (bicyclic) bond motifs is 1. The van der Waals surface area contributed by atoms with E-state index in [1.807, 2.05) is 18.2 Å². The zero-order valence-electron chi connectivity index (χ0n) is 18.8. The summed E-state index contributed by atoms with van der Waals surface area (Å²) < 4.78 is 16.4. The van der Waals surface area contributed by atoms with Crippen LogP contribution in [0.2, 0.25) is 5.02 Å². The number of ketones is 1. The standard InChI is InChI=1S/C26H32ClNO4/c1-30-12-13-31-23-16-21(15-22(27)18-23)14-20-5-9-28(10-6-20)8-4-19-2-3-26-24(17-19)25(29)7-11-32-26/h2-3,15-18,20H,4-14H2,1H3. The van der Waals surface area contributed by atoms with E-state index in [-0.39, 0.29) is 5.78 Å². The van der Waals surface area contributed by atoms with Crippen molar-refractivity contribution in [1.29, 1.82) is 0 Å². The number of hydrogen-bond acceptors (Lipinski definition) is 5. The van der Waals surface area contributed by atoms with Gasteiger partial charge in [-0.15, -0.1) is 0 Å². The molecule has 0 bridgehead atoms. The van der Waals surface area contributed by atoms with Gasteiger partial charge in [0.05, 0.1) is 18.8 Å². The number of Topliss-reactive ketones (excluding diaryl/α,β-unsaturated/α-hetero) is 1. The van der Waals surface area contributed by atoms with E-state index in [9.17, 15) is 4.79 Å². The summed E-state index contributed by atoms with van der Waals surface area (Å²) in [7, 11) is 1.67. The molecule has 2 aromatic carbocycles. The summed E-state index contributed by atoms with van der Waals surface area (Å²) in [6.07, 6.45) is 4.84. The molecule has 0 amide bonds. The van der Waals surface area contributed by atoms with Crippen molar-refractivity contribution in [3.05, 3.63) is 58.1 Å². The van der Waals surface area contributed by atoms with Gasteiger partial charge in [-0.05, 0) is 86.1 Å². The van der Waals surface area contributed by atoms with Crippen LogP contribution in [0.3, 0.4) is 0 Å². The fourth-order valence-corrected chi connectivity index (χ4v) is 4.81. The second-order valence-corrected chi connectivity index (χ2v) is 9.16. The zero-order chi connectivity index (χ0) is 22.3. The second-order valence-electron chi connectivity index (χ2n) is 8.73. The lowest BCUT2D eigenvalue weighted by molar-refractivity contribution is 0.0933. The van der Waals surface area contributed by atoms with Crippen molar-refractivity contribution in [3.8, 4) is 11.5 Å². The Hall–Kier alpha value is -2.08. The SMILES string of the molecule is COCCOc1cc(Cl)cc(CC2CCN(CCc3ccc4c(c3)C(=O)CCO4)CC2)c1. The van der Waals surface area contributed by atoms with E-state index in [0.717, 1.165) is 54.6 Å². The first-order valence-electron chi connectivity index (χ1n) is 11.5. The minimum Gasteiger partial charge on any atom is -0.492 e. The number of likely N-dealkylation sites (tertiary alicyclic amines) is 1. The monoisotopic (exact) mass is 457 g/mol. The molecule has 1 fully saturated rings. The molecule has 4 rings (SSSR count). The number of ether oxygens (including phenoxy) is 3. The first kappa shape index (κ1) is 23.1. The van der Waals surface area contributed by atoms with Crippen molar-refractivity contribution in [2.75, 3.05) is 46.6 Å². The molecule has 32 heavy (non-hydrogen) atoms. The molecule has 0 atom stereocenters. The summed E-state index contributed by atoms with van der Waals surface area (Å²) in [5.74, 6) is 2.41. The van der Waals surface area contributed by atoms with E-state index in [0.29, 0.717) is 32.2 Å². The summed E-state index contributed by atoms with van der Waals surface area (Å²) in [5, 5.41) is 0.723. The first-order valence-corrected chi connectivity index (χ1v) is 11.9. The summed E-state index contributed by atoms with van der Waals surface area (Å²) in [4.78, 5) is 14.7. The van der Waals surface area contributed by atoms with Gasteiger partial charge in [0.15, 0.2) is 5.78 Å². The van der Waals surface area contributed by atoms with Crippen LogP contribution >= 0.6 is 11.6 Å². The molecule has 0 spiro atoms. The molecule has 0 aromatic heterocycles. The average molecular weight is 458 g/mol. The van der Waals surface area contributed by atoms with Crippen LogP contribution in [0, 0.1) is 5.92 Å². The van der Waals surface area contributed by atoms with E-state index in [2.05, 4.69) is 23.1 Å². The smallest absolute Gasteiger partial charge is 0.170 e. The summed E-state index contributed by atoms with van der Waals surface area (Å²) in [5.41, 5.74) is 3.20. The summed E-state index contributed by atoms with van der Waals surface area (Å²) >= 11 is 6.31. The molecule has 1 saturated heterocycles. The van der Waals surface area contributed by atoms with E-state index in [1.165, 1.54) is 24.0 Å². The lowest BCUT2D eigenvalue weighted by Crippen LogP contribution is -2.35. The van der Waals surface area contributed by atoms with Crippen molar-refractivity contribution in [1.82, 2.24) is 4.90 Å². The number of piperidine rings is 1. The molecule has 0 saturated carbocycles.